The van der Waals surface area contributed by atoms with E-state index in [1.807, 2.05) is 18.2 Å². The molecule has 2 aromatic carbocycles. The summed E-state index contributed by atoms with van der Waals surface area (Å²) in [6.45, 7) is 2.39. The highest BCUT2D eigenvalue weighted by Gasteiger charge is 2.32. The molecule has 0 unspecified atom stereocenters. The van der Waals surface area contributed by atoms with Gasteiger partial charge in [-0.3, -0.25) is 9.69 Å². The van der Waals surface area contributed by atoms with Gasteiger partial charge in [-0.1, -0.05) is 24.3 Å². The van der Waals surface area contributed by atoms with Gasteiger partial charge in [-0.2, -0.15) is 0 Å². The maximum absolute atomic E-state index is 13.5. The zero-order valence-corrected chi connectivity index (χ0v) is 20.0. The SMILES string of the molecule is COCCn1nnnc1[C@@H](c1cc2cc(OC)c(OC)cc2[nH]c1=O)N1CCc2ccccc2C1. The molecule has 0 radical (unpaired) electrons. The summed E-state index contributed by atoms with van der Waals surface area (Å²) < 4.78 is 17.9. The number of nitrogens with one attached hydrogen (secondary N) is 1. The molecule has 1 aliphatic heterocycles. The quantitative estimate of drug-likeness (QED) is 0.413. The third-order valence-electron chi connectivity index (χ3n) is 6.51. The third-order valence-corrected chi connectivity index (χ3v) is 6.51. The summed E-state index contributed by atoms with van der Waals surface area (Å²) >= 11 is 0. The van der Waals surface area contributed by atoms with Gasteiger partial charge in [-0.15, -0.1) is 5.10 Å². The third kappa shape index (κ3) is 4.38. The lowest BCUT2D eigenvalue weighted by Gasteiger charge is -2.34. The maximum Gasteiger partial charge on any atom is 0.253 e. The first kappa shape index (κ1) is 23.0. The second-order valence-corrected chi connectivity index (χ2v) is 8.49. The average molecular weight is 477 g/mol. The number of aromatic amines is 1. The van der Waals surface area contributed by atoms with Gasteiger partial charge in [0.2, 0.25) is 0 Å². The van der Waals surface area contributed by atoms with Gasteiger partial charge in [0.05, 0.1) is 32.9 Å². The van der Waals surface area contributed by atoms with E-state index in [2.05, 4.69) is 43.6 Å². The molecular formula is C25H28N6O4. The number of hydrogen-bond donors (Lipinski definition) is 1. The van der Waals surface area contributed by atoms with Crippen LogP contribution in [0.2, 0.25) is 0 Å². The van der Waals surface area contributed by atoms with Crippen molar-refractivity contribution >= 4 is 10.9 Å². The van der Waals surface area contributed by atoms with Crippen LogP contribution in [0.4, 0.5) is 0 Å². The lowest BCUT2D eigenvalue weighted by atomic mass is 9.96. The van der Waals surface area contributed by atoms with Gasteiger partial charge >= 0.3 is 0 Å². The molecule has 182 valence electrons. The first-order chi connectivity index (χ1) is 17.1. The van der Waals surface area contributed by atoms with Crippen molar-refractivity contribution in [2.45, 2.75) is 25.6 Å². The van der Waals surface area contributed by atoms with Crippen molar-refractivity contribution in [1.82, 2.24) is 30.1 Å². The molecule has 0 spiro atoms. The van der Waals surface area contributed by atoms with E-state index in [-0.39, 0.29) is 5.56 Å². The lowest BCUT2D eigenvalue weighted by Crippen LogP contribution is -2.38. The van der Waals surface area contributed by atoms with E-state index in [1.54, 1.807) is 32.1 Å². The minimum atomic E-state index is -0.448. The number of hydrogen-bond acceptors (Lipinski definition) is 8. The van der Waals surface area contributed by atoms with Crippen LogP contribution >= 0.6 is 0 Å². The Balaban J connectivity index is 1.65. The predicted molar refractivity (Wildman–Crippen MR) is 130 cm³/mol. The van der Waals surface area contributed by atoms with E-state index >= 15 is 0 Å². The predicted octanol–water partition coefficient (Wildman–Crippen LogP) is 2.33. The lowest BCUT2D eigenvalue weighted by molar-refractivity contribution is 0.169. The number of ether oxygens (including phenoxy) is 3. The number of nitrogens with zero attached hydrogens (tertiary/aromatic N) is 5. The largest absolute Gasteiger partial charge is 0.493 e. The summed E-state index contributed by atoms with van der Waals surface area (Å²) in [5.74, 6) is 1.74. The molecule has 3 heterocycles. The minimum absolute atomic E-state index is 0.199. The van der Waals surface area contributed by atoms with Crippen LogP contribution in [0.3, 0.4) is 0 Å². The van der Waals surface area contributed by atoms with Gasteiger partial charge in [-0.05, 0) is 40.1 Å². The molecule has 0 bridgehead atoms. The second-order valence-electron chi connectivity index (χ2n) is 8.49. The van der Waals surface area contributed by atoms with Crippen LogP contribution in [0.5, 0.6) is 11.5 Å². The molecule has 1 aliphatic rings. The average Bonchev–Trinajstić information content (AvgIpc) is 3.35. The van der Waals surface area contributed by atoms with Gasteiger partial charge in [-0.25, -0.2) is 4.68 Å². The molecule has 5 rings (SSSR count). The Bertz CT molecular complexity index is 1400. The van der Waals surface area contributed by atoms with Gasteiger partial charge in [0.25, 0.3) is 5.56 Å². The Hall–Kier alpha value is -3.76. The fraction of sp³-hybridized carbons (Fsp3) is 0.360. The molecule has 0 amide bonds. The van der Waals surface area contributed by atoms with Crippen molar-refractivity contribution in [3.63, 3.8) is 0 Å². The van der Waals surface area contributed by atoms with Gasteiger partial charge in [0.1, 0.15) is 6.04 Å². The number of fused-ring (bicyclic) bond motifs is 2. The summed E-state index contributed by atoms with van der Waals surface area (Å²) in [5.41, 5.74) is 3.60. The Morgan fingerprint density at radius 3 is 2.60 bits per heavy atom. The topological polar surface area (TPSA) is 107 Å². The van der Waals surface area contributed by atoms with Gasteiger partial charge < -0.3 is 19.2 Å². The van der Waals surface area contributed by atoms with Crippen LogP contribution in [0.15, 0.2) is 47.3 Å². The van der Waals surface area contributed by atoms with Crippen molar-refractivity contribution in [1.29, 1.82) is 0 Å². The molecular weight excluding hydrogens is 448 g/mol. The van der Waals surface area contributed by atoms with E-state index in [9.17, 15) is 4.79 Å². The highest BCUT2D eigenvalue weighted by atomic mass is 16.5. The number of rotatable bonds is 8. The molecule has 4 aromatic rings. The standard InChI is InChI=1S/C25H28N6O4/c1-33-11-10-31-24(27-28-29-31)23(30-9-8-16-6-4-5-7-17(16)15-30)19-12-18-13-21(34-2)22(35-3)14-20(18)26-25(19)32/h4-7,12-14,23H,8-11,15H2,1-3H3,(H,26,32)/t23-/m1/s1. The maximum atomic E-state index is 13.5. The molecule has 1 atom stereocenters. The van der Waals surface area contributed by atoms with Crippen LogP contribution in [0, 0.1) is 0 Å². The number of H-pyrrole nitrogens is 1. The number of pyridine rings is 1. The summed E-state index contributed by atoms with van der Waals surface area (Å²) in [7, 11) is 4.80. The molecule has 1 N–H and O–H groups in total. The van der Waals surface area contributed by atoms with Crippen LogP contribution in [-0.4, -0.2) is 64.6 Å². The number of aromatic nitrogens is 5. The Morgan fingerprint density at radius 1 is 1.06 bits per heavy atom. The van der Waals surface area contributed by atoms with E-state index < -0.39 is 6.04 Å². The molecule has 10 heteroatoms. The van der Waals surface area contributed by atoms with Crippen LogP contribution in [-0.2, 0) is 24.2 Å². The Kier molecular flexibility index (Phi) is 6.47. The second kappa shape index (κ2) is 9.85. The van der Waals surface area contributed by atoms with Crippen molar-refractivity contribution in [2.24, 2.45) is 0 Å². The summed E-state index contributed by atoms with van der Waals surface area (Å²) in [6, 6.07) is 13.5. The van der Waals surface area contributed by atoms with E-state index in [0.717, 1.165) is 18.4 Å². The summed E-state index contributed by atoms with van der Waals surface area (Å²) in [4.78, 5) is 18.8. The van der Waals surface area contributed by atoms with Gasteiger partial charge in [0.15, 0.2) is 17.3 Å². The first-order valence-corrected chi connectivity index (χ1v) is 11.5. The van der Waals surface area contributed by atoms with Crippen LogP contribution in [0.1, 0.15) is 28.6 Å². The normalized spacial score (nSPS) is 14.6. The Labute approximate surface area is 202 Å². The zero-order chi connectivity index (χ0) is 24.4. The summed E-state index contributed by atoms with van der Waals surface area (Å²) in [6.07, 6.45) is 0.878. The van der Waals surface area contributed by atoms with Crippen molar-refractivity contribution in [3.05, 3.63) is 75.3 Å². The molecule has 35 heavy (non-hydrogen) atoms. The highest BCUT2D eigenvalue weighted by molar-refractivity contribution is 5.83. The zero-order valence-electron chi connectivity index (χ0n) is 20.0. The van der Waals surface area contributed by atoms with E-state index in [1.165, 1.54) is 11.1 Å². The molecule has 0 aliphatic carbocycles. The Morgan fingerprint density at radius 2 is 1.83 bits per heavy atom. The van der Waals surface area contributed by atoms with E-state index in [0.29, 0.717) is 48.1 Å². The number of methoxy groups -OCH3 is 3. The van der Waals surface area contributed by atoms with Gasteiger partial charge in [0, 0.05) is 37.2 Å². The molecule has 2 aromatic heterocycles. The fourth-order valence-electron chi connectivity index (χ4n) is 4.73. The monoisotopic (exact) mass is 476 g/mol. The van der Waals surface area contributed by atoms with Crippen molar-refractivity contribution < 1.29 is 14.2 Å². The summed E-state index contributed by atoms with van der Waals surface area (Å²) in [5, 5.41) is 13.3. The number of tetrazole rings is 1. The highest BCUT2D eigenvalue weighted by Crippen LogP contribution is 2.34. The van der Waals surface area contributed by atoms with Crippen molar-refractivity contribution in [2.75, 3.05) is 34.5 Å². The van der Waals surface area contributed by atoms with E-state index in [4.69, 9.17) is 14.2 Å². The smallest absolute Gasteiger partial charge is 0.253 e. The fourth-order valence-corrected chi connectivity index (χ4v) is 4.73. The first-order valence-electron chi connectivity index (χ1n) is 11.5. The number of benzene rings is 2. The minimum Gasteiger partial charge on any atom is -0.493 e. The van der Waals surface area contributed by atoms with Crippen LogP contribution < -0.4 is 15.0 Å². The van der Waals surface area contributed by atoms with Crippen LogP contribution in [0.25, 0.3) is 10.9 Å². The van der Waals surface area contributed by atoms with Crippen molar-refractivity contribution in [3.8, 4) is 11.5 Å². The molecule has 10 nitrogen and oxygen atoms in total. The molecule has 0 fully saturated rings. The molecule has 0 saturated carbocycles. The molecule has 0 saturated heterocycles.